The van der Waals surface area contributed by atoms with E-state index in [1.54, 1.807) is 0 Å². The van der Waals surface area contributed by atoms with Crippen LogP contribution in [0, 0.1) is 0 Å². The molecule has 0 unspecified atom stereocenters. The first kappa shape index (κ1) is 34.2. The summed E-state index contributed by atoms with van der Waals surface area (Å²) in [6.45, 7) is 0. The molecule has 0 saturated carbocycles. The van der Waals surface area contributed by atoms with Crippen molar-refractivity contribution in [3.05, 3.63) is 200 Å². The fraction of sp³-hybridized carbons (Fsp3) is 0. The van der Waals surface area contributed by atoms with Crippen LogP contribution >= 0.6 is 0 Å². The molecule has 0 N–H and O–H groups in total. The highest BCUT2D eigenvalue weighted by atomic mass is 16.3. The van der Waals surface area contributed by atoms with E-state index in [-0.39, 0.29) is 0 Å². The Morgan fingerprint density at radius 3 is 1.76 bits per heavy atom. The molecular weight excluding hydrogens is 771 g/mol. The van der Waals surface area contributed by atoms with Gasteiger partial charge in [0.25, 0.3) is 0 Å². The molecule has 0 fully saturated rings. The van der Waals surface area contributed by atoms with Gasteiger partial charge in [-0.05, 0) is 93.0 Å². The highest BCUT2D eigenvalue weighted by Crippen LogP contribution is 2.45. The molecule has 14 rings (SSSR count). The Kier molecular flexibility index (Phi) is 7.05. The Hall–Kier alpha value is -8.54. The third-order valence-corrected chi connectivity index (χ3v) is 13.0. The monoisotopic (exact) mass is 803 g/mol. The summed E-state index contributed by atoms with van der Waals surface area (Å²) in [6, 6.07) is 70.8. The van der Waals surface area contributed by atoms with Crippen molar-refractivity contribution in [1.82, 2.24) is 14.5 Å². The van der Waals surface area contributed by atoms with E-state index in [4.69, 9.17) is 18.8 Å². The first-order valence-corrected chi connectivity index (χ1v) is 21.3. The van der Waals surface area contributed by atoms with E-state index in [2.05, 4.69) is 193 Å². The van der Waals surface area contributed by atoms with Gasteiger partial charge in [-0.15, -0.1) is 0 Å². The molecule has 5 nitrogen and oxygen atoms in total. The zero-order chi connectivity index (χ0) is 41.2. The Morgan fingerprint density at radius 2 is 0.921 bits per heavy atom. The quantitative estimate of drug-likeness (QED) is 0.178. The predicted octanol–water partition coefficient (Wildman–Crippen LogP) is 15.8. The molecule has 0 spiro atoms. The van der Waals surface area contributed by atoms with E-state index >= 15 is 0 Å². The summed E-state index contributed by atoms with van der Waals surface area (Å²) in [5, 5.41) is 13.4. The molecule has 292 valence electrons. The third kappa shape index (κ3) is 5.05. The highest BCUT2D eigenvalue weighted by Gasteiger charge is 2.25. The smallest absolute Gasteiger partial charge is 0.164 e. The van der Waals surface area contributed by atoms with Gasteiger partial charge in [-0.1, -0.05) is 140 Å². The zero-order valence-electron chi connectivity index (χ0n) is 33.7. The van der Waals surface area contributed by atoms with Gasteiger partial charge >= 0.3 is 0 Å². The summed E-state index contributed by atoms with van der Waals surface area (Å²) < 4.78 is 16.2. The van der Waals surface area contributed by atoms with Crippen LogP contribution in [0.5, 0.6) is 0 Å². The van der Waals surface area contributed by atoms with Crippen LogP contribution < -0.4 is 0 Å². The van der Waals surface area contributed by atoms with Crippen molar-refractivity contribution >= 4 is 98.0 Å². The van der Waals surface area contributed by atoms with Crippen LogP contribution in [0.1, 0.15) is 0 Å². The molecule has 10 aromatic carbocycles. The van der Waals surface area contributed by atoms with Crippen LogP contribution in [0.15, 0.2) is 209 Å². The number of para-hydroxylation sites is 3. The van der Waals surface area contributed by atoms with E-state index in [0.717, 1.165) is 110 Å². The predicted molar refractivity (Wildman–Crippen MR) is 260 cm³/mol. The van der Waals surface area contributed by atoms with Crippen molar-refractivity contribution in [3.8, 4) is 39.6 Å². The molecule has 4 heterocycles. The molecule has 0 aliphatic carbocycles. The minimum atomic E-state index is 0.568. The van der Waals surface area contributed by atoms with Crippen LogP contribution in [0.25, 0.3) is 138 Å². The molecule has 0 radical (unpaired) electrons. The minimum absolute atomic E-state index is 0.568. The summed E-state index contributed by atoms with van der Waals surface area (Å²) in [7, 11) is 0. The van der Waals surface area contributed by atoms with E-state index in [9.17, 15) is 0 Å². The zero-order valence-corrected chi connectivity index (χ0v) is 33.7. The number of aromatic nitrogens is 3. The summed E-state index contributed by atoms with van der Waals surface area (Å²) in [4.78, 5) is 11.1. The van der Waals surface area contributed by atoms with Gasteiger partial charge in [-0.2, -0.15) is 0 Å². The normalized spacial score (nSPS) is 12.1. The maximum atomic E-state index is 7.16. The lowest BCUT2D eigenvalue weighted by Gasteiger charge is -2.16. The van der Waals surface area contributed by atoms with Gasteiger partial charge in [0.05, 0.1) is 39.2 Å². The lowest BCUT2D eigenvalue weighted by Crippen LogP contribution is -2.01. The van der Waals surface area contributed by atoms with Gasteiger partial charge in [0.1, 0.15) is 22.3 Å². The first-order valence-electron chi connectivity index (χ1n) is 21.3. The van der Waals surface area contributed by atoms with Crippen LogP contribution in [0.4, 0.5) is 0 Å². The van der Waals surface area contributed by atoms with Gasteiger partial charge < -0.3 is 13.4 Å². The molecule has 0 aliphatic heterocycles. The fourth-order valence-corrected chi connectivity index (χ4v) is 10.1. The van der Waals surface area contributed by atoms with Crippen LogP contribution in [-0.2, 0) is 0 Å². The van der Waals surface area contributed by atoms with Crippen molar-refractivity contribution < 1.29 is 8.83 Å². The Bertz CT molecular complexity index is 4220. The lowest BCUT2D eigenvalue weighted by atomic mass is 9.98. The molecule has 4 aromatic heterocycles. The number of nitrogens with zero attached hydrogens (tertiary/aromatic N) is 3. The second-order valence-corrected chi connectivity index (χ2v) is 16.5. The second-order valence-electron chi connectivity index (χ2n) is 16.5. The van der Waals surface area contributed by atoms with Crippen LogP contribution in [0.3, 0.4) is 0 Å². The average molecular weight is 804 g/mol. The van der Waals surface area contributed by atoms with E-state index in [0.29, 0.717) is 5.82 Å². The van der Waals surface area contributed by atoms with Crippen LogP contribution in [0.2, 0.25) is 0 Å². The van der Waals surface area contributed by atoms with Crippen molar-refractivity contribution in [2.45, 2.75) is 0 Å². The maximum Gasteiger partial charge on any atom is 0.164 e. The maximum absolute atomic E-state index is 7.16. The lowest BCUT2D eigenvalue weighted by molar-refractivity contribution is 0.669. The minimum Gasteiger partial charge on any atom is -0.455 e. The number of fused-ring (bicyclic) bond motifs is 12. The molecule has 0 amide bonds. The average Bonchev–Trinajstić information content (AvgIpc) is 4.01. The van der Waals surface area contributed by atoms with Gasteiger partial charge in [-0.25, -0.2) is 9.97 Å². The van der Waals surface area contributed by atoms with Crippen molar-refractivity contribution in [2.24, 2.45) is 0 Å². The molecule has 14 aromatic rings. The number of furan rings is 2. The molecule has 0 aliphatic rings. The molecule has 0 saturated heterocycles. The van der Waals surface area contributed by atoms with Crippen molar-refractivity contribution in [1.29, 1.82) is 0 Å². The Morgan fingerprint density at radius 1 is 0.333 bits per heavy atom. The molecule has 63 heavy (non-hydrogen) atoms. The van der Waals surface area contributed by atoms with Crippen molar-refractivity contribution in [2.75, 3.05) is 0 Å². The number of hydrogen-bond acceptors (Lipinski definition) is 4. The summed E-state index contributed by atoms with van der Waals surface area (Å²) in [5.74, 6) is 0.568. The number of rotatable bonds is 4. The second kappa shape index (κ2) is 13.0. The van der Waals surface area contributed by atoms with E-state index in [1.165, 1.54) is 21.5 Å². The summed E-state index contributed by atoms with van der Waals surface area (Å²) in [6.07, 6.45) is 0. The summed E-state index contributed by atoms with van der Waals surface area (Å²) in [5.41, 5.74) is 10.6. The number of hydrogen-bond donors (Lipinski definition) is 0. The third-order valence-electron chi connectivity index (χ3n) is 13.0. The molecule has 0 atom stereocenters. The van der Waals surface area contributed by atoms with Gasteiger partial charge in [0.15, 0.2) is 5.82 Å². The van der Waals surface area contributed by atoms with Crippen LogP contribution in [-0.4, -0.2) is 14.5 Å². The molecule has 0 bridgehead atoms. The van der Waals surface area contributed by atoms with Crippen molar-refractivity contribution in [3.63, 3.8) is 0 Å². The fourth-order valence-electron chi connectivity index (χ4n) is 10.1. The topological polar surface area (TPSA) is 57.0 Å². The first-order chi connectivity index (χ1) is 31.2. The highest BCUT2D eigenvalue weighted by molar-refractivity contribution is 6.18. The Labute approximate surface area is 359 Å². The molecule has 5 heteroatoms. The van der Waals surface area contributed by atoms with Gasteiger partial charge in [-0.3, -0.25) is 0 Å². The number of benzene rings is 10. The largest absolute Gasteiger partial charge is 0.455 e. The standard InChI is InChI=1S/C58H33N3O2/c1-3-16-37-31-52-46(29-35(37)14-1)41-20-7-9-25-50(41)61(52)51-28-27-44-47-30-36-15-2-4-17-38(36)32-54(47)63-57(44)55(51)49-33-48(40-22-11-18-34-13-5-6-19-39(34)40)59-58(60-49)45-24-12-23-43-42-21-8-10-26-53(42)62-56(43)45/h1-33H. The van der Waals surface area contributed by atoms with Gasteiger partial charge in [0, 0.05) is 37.9 Å². The van der Waals surface area contributed by atoms with Gasteiger partial charge in [0.2, 0.25) is 0 Å². The SMILES string of the molecule is c1ccc2cc3c(cc2c1)oc1c(-c2cc(-c4cccc5ccccc45)nc(-c4cccc5c4oc4ccccc45)n2)c(-n2c4ccccc4c4cc5ccccc5cc42)ccc13. The Balaban J connectivity index is 1.15. The van der Waals surface area contributed by atoms with E-state index in [1.807, 2.05) is 12.1 Å². The van der Waals surface area contributed by atoms with E-state index < -0.39 is 0 Å². The molecular formula is C58H33N3O2. The summed E-state index contributed by atoms with van der Waals surface area (Å²) >= 11 is 0.